The highest BCUT2D eigenvalue weighted by Crippen LogP contribution is 2.13. The third-order valence-electron chi connectivity index (χ3n) is 3.38. The Morgan fingerprint density at radius 2 is 2.00 bits per heavy atom. The third kappa shape index (κ3) is 4.49. The first-order valence-electron chi connectivity index (χ1n) is 6.53. The summed E-state index contributed by atoms with van der Waals surface area (Å²) in [5.41, 5.74) is 1.38. The zero-order valence-corrected chi connectivity index (χ0v) is 11.5. The minimum Gasteiger partial charge on any atom is -0.388 e. The fourth-order valence-electron chi connectivity index (χ4n) is 1.83. The summed E-state index contributed by atoms with van der Waals surface area (Å²) in [7, 11) is 0. The number of rotatable bonds is 6. The van der Waals surface area contributed by atoms with Crippen LogP contribution in [0, 0.1) is 6.92 Å². The van der Waals surface area contributed by atoms with Gasteiger partial charge in [-0.1, -0.05) is 43.7 Å². The molecule has 18 heavy (non-hydrogen) atoms. The maximum absolute atomic E-state index is 11.8. The predicted molar refractivity (Wildman–Crippen MR) is 73.4 cm³/mol. The molecule has 0 saturated carbocycles. The van der Waals surface area contributed by atoms with Crippen LogP contribution in [0.25, 0.3) is 0 Å². The van der Waals surface area contributed by atoms with Gasteiger partial charge in [-0.05, 0) is 25.3 Å². The van der Waals surface area contributed by atoms with E-state index in [0.29, 0.717) is 25.8 Å². The van der Waals surface area contributed by atoms with Crippen molar-refractivity contribution in [3.8, 4) is 0 Å². The fraction of sp³-hybridized carbons (Fsp3) is 0.533. The molecule has 0 aromatic heterocycles. The second-order valence-corrected chi connectivity index (χ2v) is 4.87. The van der Waals surface area contributed by atoms with Crippen molar-refractivity contribution >= 4 is 5.91 Å². The number of aryl methyl sites for hydroxylation is 1. The van der Waals surface area contributed by atoms with Gasteiger partial charge in [0.15, 0.2) is 0 Å². The second kappa shape index (κ2) is 6.55. The maximum Gasteiger partial charge on any atom is 0.224 e. The number of hydrogen-bond donors (Lipinski definition) is 2. The molecule has 100 valence electrons. The molecule has 0 atom stereocenters. The zero-order chi connectivity index (χ0) is 13.6. The van der Waals surface area contributed by atoms with E-state index in [1.54, 1.807) is 0 Å². The highest BCUT2D eigenvalue weighted by atomic mass is 16.3. The van der Waals surface area contributed by atoms with E-state index in [0.717, 1.165) is 11.1 Å². The van der Waals surface area contributed by atoms with Gasteiger partial charge in [0.05, 0.1) is 12.0 Å². The third-order valence-corrected chi connectivity index (χ3v) is 3.38. The molecule has 1 amide bonds. The van der Waals surface area contributed by atoms with E-state index >= 15 is 0 Å². The van der Waals surface area contributed by atoms with Crippen LogP contribution in [-0.2, 0) is 11.2 Å². The van der Waals surface area contributed by atoms with Gasteiger partial charge in [0, 0.05) is 6.54 Å². The number of amides is 1. The van der Waals surface area contributed by atoms with Crippen molar-refractivity contribution in [2.45, 2.75) is 45.6 Å². The van der Waals surface area contributed by atoms with Crippen LogP contribution in [0.15, 0.2) is 24.3 Å². The second-order valence-electron chi connectivity index (χ2n) is 4.87. The van der Waals surface area contributed by atoms with E-state index in [2.05, 4.69) is 5.32 Å². The molecule has 3 heteroatoms. The van der Waals surface area contributed by atoms with Crippen molar-refractivity contribution in [1.29, 1.82) is 0 Å². The van der Waals surface area contributed by atoms with Gasteiger partial charge in [-0.2, -0.15) is 0 Å². The zero-order valence-electron chi connectivity index (χ0n) is 11.5. The monoisotopic (exact) mass is 249 g/mol. The molecule has 0 spiro atoms. The van der Waals surface area contributed by atoms with Crippen molar-refractivity contribution in [2.24, 2.45) is 0 Å². The average Bonchev–Trinajstić information content (AvgIpc) is 2.36. The van der Waals surface area contributed by atoms with Crippen LogP contribution >= 0.6 is 0 Å². The maximum atomic E-state index is 11.8. The lowest BCUT2D eigenvalue weighted by molar-refractivity contribution is -0.121. The Kier molecular flexibility index (Phi) is 5.35. The average molecular weight is 249 g/mol. The van der Waals surface area contributed by atoms with Gasteiger partial charge in [0.1, 0.15) is 0 Å². The fourth-order valence-corrected chi connectivity index (χ4v) is 1.83. The van der Waals surface area contributed by atoms with Crippen LogP contribution in [-0.4, -0.2) is 23.2 Å². The summed E-state index contributed by atoms with van der Waals surface area (Å²) in [6, 6.07) is 7.91. The molecule has 0 bridgehead atoms. The first-order valence-corrected chi connectivity index (χ1v) is 6.53. The minimum atomic E-state index is -0.776. The van der Waals surface area contributed by atoms with Crippen LogP contribution in [0.1, 0.15) is 37.8 Å². The molecule has 0 fully saturated rings. The smallest absolute Gasteiger partial charge is 0.224 e. The summed E-state index contributed by atoms with van der Waals surface area (Å²) in [4.78, 5) is 11.8. The first kappa shape index (κ1) is 14.7. The van der Waals surface area contributed by atoms with E-state index in [1.165, 1.54) is 0 Å². The van der Waals surface area contributed by atoms with Gasteiger partial charge in [-0.3, -0.25) is 4.79 Å². The summed E-state index contributed by atoms with van der Waals surface area (Å²) in [6.07, 6.45) is 1.66. The molecule has 3 nitrogen and oxygen atoms in total. The van der Waals surface area contributed by atoms with Crippen LogP contribution in [0.4, 0.5) is 0 Å². The van der Waals surface area contributed by atoms with Crippen LogP contribution in [0.2, 0.25) is 0 Å². The van der Waals surface area contributed by atoms with Crippen LogP contribution < -0.4 is 5.32 Å². The SMILES string of the molecule is CCC(O)(CC)CNC(=O)Cc1cccc(C)c1. The number of hydrogen-bond acceptors (Lipinski definition) is 2. The molecule has 1 rings (SSSR count). The Hall–Kier alpha value is -1.35. The first-order chi connectivity index (χ1) is 8.49. The number of carbonyl (C=O) groups excluding carboxylic acids is 1. The highest BCUT2D eigenvalue weighted by molar-refractivity contribution is 5.78. The largest absolute Gasteiger partial charge is 0.388 e. The van der Waals surface area contributed by atoms with Gasteiger partial charge in [-0.25, -0.2) is 0 Å². The topological polar surface area (TPSA) is 49.3 Å². The Morgan fingerprint density at radius 1 is 1.33 bits per heavy atom. The summed E-state index contributed by atoms with van der Waals surface area (Å²) >= 11 is 0. The van der Waals surface area contributed by atoms with E-state index in [9.17, 15) is 9.90 Å². The summed E-state index contributed by atoms with van der Waals surface area (Å²) < 4.78 is 0. The summed E-state index contributed by atoms with van der Waals surface area (Å²) in [6.45, 7) is 6.19. The van der Waals surface area contributed by atoms with E-state index in [4.69, 9.17) is 0 Å². The van der Waals surface area contributed by atoms with Gasteiger partial charge >= 0.3 is 0 Å². The minimum absolute atomic E-state index is 0.0408. The number of nitrogens with one attached hydrogen (secondary N) is 1. The lowest BCUT2D eigenvalue weighted by Crippen LogP contribution is -2.42. The van der Waals surface area contributed by atoms with Crippen molar-refractivity contribution in [3.05, 3.63) is 35.4 Å². The quantitative estimate of drug-likeness (QED) is 0.812. The van der Waals surface area contributed by atoms with E-state index < -0.39 is 5.60 Å². The van der Waals surface area contributed by atoms with E-state index in [1.807, 2.05) is 45.0 Å². The van der Waals surface area contributed by atoms with Gasteiger partial charge in [0.25, 0.3) is 0 Å². The summed E-state index contributed by atoms with van der Waals surface area (Å²) in [5.74, 6) is -0.0408. The number of carbonyl (C=O) groups is 1. The van der Waals surface area contributed by atoms with E-state index in [-0.39, 0.29) is 5.91 Å². The molecule has 0 aliphatic heterocycles. The molecule has 0 unspecified atom stereocenters. The van der Waals surface area contributed by atoms with Crippen LogP contribution in [0.3, 0.4) is 0 Å². The Balaban J connectivity index is 2.47. The molecule has 1 aromatic carbocycles. The molecule has 0 aliphatic carbocycles. The molecule has 0 heterocycles. The lowest BCUT2D eigenvalue weighted by Gasteiger charge is -2.25. The van der Waals surface area contributed by atoms with Crippen LogP contribution in [0.5, 0.6) is 0 Å². The number of benzene rings is 1. The summed E-state index contributed by atoms with van der Waals surface area (Å²) in [5, 5.41) is 12.9. The molecule has 1 aromatic rings. The number of aliphatic hydroxyl groups is 1. The Labute approximate surface area is 109 Å². The normalized spacial score (nSPS) is 11.3. The molecule has 2 N–H and O–H groups in total. The molecular formula is C15H23NO2. The molecular weight excluding hydrogens is 226 g/mol. The van der Waals surface area contributed by atoms with Gasteiger partial charge < -0.3 is 10.4 Å². The Morgan fingerprint density at radius 3 is 2.56 bits per heavy atom. The van der Waals surface area contributed by atoms with Gasteiger partial charge in [-0.15, -0.1) is 0 Å². The van der Waals surface area contributed by atoms with Gasteiger partial charge in [0.2, 0.25) is 5.91 Å². The molecule has 0 aliphatic rings. The Bertz CT molecular complexity index is 397. The molecule has 0 radical (unpaired) electrons. The molecule has 0 saturated heterocycles. The van der Waals surface area contributed by atoms with Crippen molar-refractivity contribution in [3.63, 3.8) is 0 Å². The van der Waals surface area contributed by atoms with Crippen molar-refractivity contribution in [1.82, 2.24) is 5.32 Å². The standard InChI is InChI=1S/C15H23NO2/c1-4-15(18,5-2)11-16-14(17)10-13-8-6-7-12(3)9-13/h6-9,18H,4-5,10-11H2,1-3H3,(H,16,17). The predicted octanol–water partition coefficient (Wildman–Crippen LogP) is 2.20. The highest BCUT2D eigenvalue weighted by Gasteiger charge is 2.22. The lowest BCUT2D eigenvalue weighted by atomic mass is 9.97. The van der Waals surface area contributed by atoms with Crippen molar-refractivity contribution < 1.29 is 9.90 Å². The van der Waals surface area contributed by atoms with Crippen molar-refractivity contribution in [2.75, 3.05) is 6.54 Å².